The Morgan fingerprint density at radius 3 is 2.68 bits per heavy atom. The summed E-state index contributed by atoms with van der Waals surface area (Å²) in [6, 6.07) is 5.16. The molecule has 0 unspecified atom stereocenters. The Bertz CT molecular complexity index is 790. The van der Waals surface area contributed by atoms with Crippen LogP contribution in [0.3, 0.4) is 0 Å². The minimum absolute atomic E-state index is 0.158. The molecule has 0 atom stereocenters. The Hall–Kier alpha value is -1.44. The summed E-state index contributed by atoms with van der Waals surface area (Å²) in [6.45, 7) is 7.95. The van der Waals surface area contributed by atoms with Crippen molar-refractivity contribution in [2.75, 3.05) is 37.6 Å². The summed E-state index contributed by atoms with van der Waals surface area (Å²) in [5.74, 6) is 0.357. The molecule has 1 aromatic carbocycles. The Morgan fingerprint density at radius 1 is 1.25 bits per heavy atom. The van der Waals surface area contributed by atoms with E-state index in [1.165, 1.54) is 0 Å². The van der Waals surface area contributed by atoms with Gasteiger partial charge in [0.15, 0.2) is 0 Å². The van der Waals surface area contributed by atoms with E-state index in [1.54, 1.807) is 18.2 Å². The molecule has 1 aliphatic heterocycles. The van der Waals surface area contributed by atoms with E-state index in [9.17, 15) is 13.2 Å². The number of rotatable bonds is 10. The standard InChI is InChI=1S/C21H33N3O3S/c1-3-5-13-23(4-2)15-12-22-28(26,27)19-9-10-20-18(16-19)11-14-24(20)21(25)17-7-6-8-17/h9-10,16-17,22H,3-8,11-15H2,1-2H3. The molecule has 0 saturated heterocycles. The zero-order chi connectivity index (χ0) is 20.1. The smallest absolute Gasteiger partial charge is 0.240 e. The van der Waals surface area contributed by atoms with Crippen molar-refractivity contribution in [1.82, 2.24) is 9.62 Å². The summed E-state index contributed by atoms with van der Waals surface area (Å²) in [6.07, 6.45) is 6.08. The molecule has 6 nitrogen and oxygen atoms in total. The number of benzene rings is 1. The minimum atomic E-state index is -3.53. The van der Waals surface area contributed by atoms with Crippen LogP contribution in [-0.4, -0.2) is 51.9 Å². The second kappa shape index (κ2) is 9.37. The summed E-state index contributed by atoms with van der Waals surface area (Å²) in [5, 5.41) is 0. The van der Waals surface area contributed by atoms with Gasteiger partial charge in [-0.15, -0.1) is 0 Å². The summed E-state index contributed by atoms with van der Waals surface area (Å²) in [5.41, 5.74) is 1.83. The third-order valence-corrected chi connectivity index (χ3v) is 7.43. The van der Waals surface area contributed by atoms with Gasteiger partial charge in [-0.05, 0) is 62.5 Å². The highest BCUT2D eigenvalue weighted by Crippen LogP contribution is 2.35. The molecule has 0 radical (unpaired) electrons. The van der Waals surface area contributed by atoms with Gasteiger partial charge in [0, 0.05) is 31.2 Å². The topological polar surface area (TPSA) is 69.7 Å². The van der Waals surface area contributed by atoms with Gasteiger partial charge >= 0.3 is 0 Å². The molecule has 1 heterocycles. The average Bonchev–Trinajstić information content (AvgIpc) is 3.06. The maximum atomic E-state index is 12.7. The van der Waals surface area contributed by atoms with E-state index in [1.807, 2.05) is 4.90 Å². The molecule has 7 heteroatoms. The molecule has 3 rings (SSSR count). The largest absolute Gasteiger partial charge is 0.312 e. The molecule has 2 aliphatic rings. The Kier molecular flexibility index (Phi) is 7.12. The summed E-state index contributed by atoms with van der Waals surface area (Å²) >= 11 is 0. The van der Waals surface area contributed by atoms with Crippen LogP contribution in [0.5, 0.6) is 0 Å². The van der Waals surface area contributed by atoms with Crippen molar-refractivity contribution >= 4 is 21.6 Å². The van der Waals surface area contributed by atoms with Gasteiger partial charge in [-0.1, -0.05) is 26.7 Å². The molecule has 28 heavy (non-hydrogen) atoms. The summed E-state index contributed by atoms with van der Waals surface area (Å²) in [4.78, 5) is 17.0. The quantitative estimate of drug-likeness (QED) is 0.647. The van der Waals surface area contributed by atoms with Crippen molar-refractivity contribution in [3.05, 3.63) is 23.8 Å². The number of likely N-dealkylation sites (N-methyl/N-ethyl adjacent to an activating group) is 1. The molecule has 0 spiro atoms. The van der Waals surface area contributed by atoms with E-state index in [-0.39, 0.29) is 11.8 Å². The fourth-order valence-electron chi connectivity index (χ4n) is 3.88. The molecular weight excluding hydrogens is 374 g/mol. The third-order valence-electron chi connectivity index (χ3n) is 5.97. The lowest BCUT2D eigenvalue weighted by Gasteiger charge is -2.29. The van der Waals surface area contributed by atoms with E-state index in [0.717, 1.165) is 62.9 Å². The first-order chi connectivity index (χ1) is 13.5. The van der Waals surface area contributed by atoms with Gasteiger partial charge in [-0.3, -0.25) is 4.79 Å². The molecule has 1 amide bonds. The van der Waals surface area contributed by atoms with E-state index in [4.69, 9.17) is 0 Å². The predicted molar refractivity (Wildman–Crippen MR) is 112 cm³/mol. The minimum Gasteiger partial charge on any atom is -0.312 e. The van der Waals surface area contributed by atoms with E-state index >= 15 is 0 Å². The number of sulfonamides is 1. The van der Waals surface area contributed by atoms with Crippen molar-refractivity contribution in [3.8, 4) is 0 Å². The Labute approximate surface area is 169 Å². The fourth-order valence-corrected chi connectivity index (χ4v) is 4.95. The number of carbonyl (C=O) groups is 1. The number of fused-ring (bicyclic) bond motifs is 1. The summed E-state index contributed by atoms with van der Waals surface area (Å²) < 4.78 is 28.1. The van der Waals surface area contributed by atoms with Crippen LogP contribution in [0, 0.1) is 5.92 Å². The van der Waals surface area contributed by atoms with Crippen LogP contribution in [0.25, 0.3) is 0 Å². The van der Waals surface area contributed by atoms with E-state index in [2.05, 4.69) is 23.5 Å². The van der Waals surface area contributed by atoms with Gasteiger partial charge in [0.05, 0.1) is 4.90 Å². The van der Waals surface area contributed by atoms with Crippen molar-refractivity contribution in [1.29, 1.82) is 0 Å². The van der Waals surface area contributed by atoms with E-state index in [0.29, 0.717) is 24.5 Å². The predicted octanol–water partition coefficient (Wildman–Crippen LogP) is 2.78. The molecule has 0 aromatic heterocycles. The van der Waals surface area contributed by atoms with E-state index < -0.39 is 10.0 Å². The molecule has 1 fully saturated rings. The molecule has 1 N–H and O–H groups in total. The van der Waals surface area contributed by atoms with Crippen LogP contribution in [0.15, 0.2) is 23.1 Å². The first kappa shape index (κ1) is 21.3. The fraction of sp³-hybridized carbons (Fsp3) is 0.667. The number of unbranched alkanes of at least 4 members (excludes halogenated alkanes) is 1. The second-order valence-corrected chi connectivity index (χ2v) is 9.61. The number of carbonyl (C=O) groups excluding carboxylic acids is 1. The number of nitrogens with zero attached hydrogens (tertiary/aromatic N) is 2. The Morgan fingerprint density at radius 2 is 2.04 bits per heavy atom. The first-order valence-electron chi connectivity index (χ1n) is 10.6. The van der Waals surface area contributed by atoms with Crippen molar-refractivity contribution in [3.63, 3.8) is 0 Å². The average molecular weight is 408 g/mol. The van der Waals surface area contributed by atoms with Crippen LogP contribution in [0.4, 0.5) is 5.69 Å². The molecule has 1 saturated carbocycles. The lowest BCUT2D eigenvalue weighted by Crippen LogP contribution is -2.37. The van der Waals surface area contributed by atoms with Crippen LogP contribution in [0.2, 0.25) is 0 Å². The number of nitrogens with one attached hydrogen (secondary N) is 1. The lowest BCUT2D eigenvalue weighted by molar-refractivity contribution is -0.124. The van der Waals surface area contributed by atoms with Crippen molar-refractivity contribution in [2.45, 2.75) is 57.3 Å². The molecule has 0 bridgehead atoms. The lowest BCUT2D eigenvalue weighted by atomic mass is 9.84. The van der Waals surface area contributed by atoms with Gasteiger partial charge in [0.1, 0.15) is 0 Å². The van der Waals surface area contributed by atoms with Crippen LogP contribution in [-0.2, 0) is 21.2 Å². The first-order valence-corrected chi connectivity index (χ1v) is 12.1. The normalized spacial score (nSPS) is 17.0. The van der Waals surface area contributed by atoms with Gasteiger partial charge in [-0.2, -0.15) is 0 Å². The molecule has 156 valence electrons. The van der Waals surface area contributed by atoms with Crippen LogP contribution in [0.1, 0.15) is 51.5 Å². The Balaban J connectivity index is 1.61. The monoisotopic (exact) mass is 407 g/mol. The highest BCUT2D eigenvalue weighted by Gasteiger charge is 2.33. The number of hydrogen-bond donors (Lipinski definition) is 1. The number of amides is 1. The molecular formula is C21H33N3O3S. The van der Waals surface area contributed by atoms with Crippen LogP contribution < -0.4 is 9.62 Å². The van der Waals surface area contributed by atoms with Crippen molar-refractivity contribution < 1.29 is 13.2 Å². The maximum Gasteiger partial charge on any atom is 0.240 e. The second-order valence-electron chi connectivity index (χ2n) is 7.84. The molecule has 1 aromatic rings. The summed E-state index contributed by atoms with van der Waals surface area (Å²) in [7, 11) is -3.53. The number of hydrogen-bond acceptors (Lipinski definition) is 4. The van der Waals surface area contributed by atoms with Gasteiger partial charge in [0.2, 0.25) is 15.9 Å². The maximum absolute atomic E-state index is 12.7. The number of anilines is 1. The highest BCUT2D eigenvalue weighted by atomic mass is 32.2. The molecule has 1 aliphatic carbocycles. The van der Waals surface area contributed by atoms with Crippen LogP contribution >= 0.6 is 0 Å². The van der Waals surface area contributed by atoms with Gasteiger partial charge in [0.25, 0.3) is 0 Å². The third kappa shape index (κ3) is 4.75. The van der Waals surface area contributed by atoms with Gasteiger partial charge in [-0.25, -0.2) is 13.1 Å². The van der Waals surface area contributed by atoms with Crippen molar-refractivity contribution in [2.24, 2.45) is 5.92 Å². The SMILES string of the molecule is CCCCN(CC)CCNS(=O)(=O)c1ccc2c(c1)CCN2C(=O)C1CCC1. The zero-order valence-electron chi connectivity index (χ0n) is 17.1. The zero-order valence-corrected chi connectivity index (χ0v) is 17.9. The highest BCUT2D eigenvalue weighted by molar-refractivity contribution is 7.89. The van der Waals surface area contributed by atoms with Gasteiger partial charge < -0.3 is 9.80 Å².